The van der Waals surface area contributed by atoms with Crippen LogP contribution in [0.4, 0.5) is 4.79 Å². The highest BCUT2D eigenvalue weighted by molar-refractivity contribution is 5.94. The van der Waals surface area contributed by atoms with Gasteiger partial charge in [0.2, 0.25) is 0 Å². The van der Waals surface area contributed by atoms with Crippen LogP contribution in [0.15, 0.2) is 54.6 Å². The molecule has 1 heterocycles. The number of benzene rings is 2. The van der Waals surface area contributed by atoms with E-state index in [1.54, 1.807) is 21.9 Å². The molecule has 1 aliphatic heterocycles. The Labute approximate surface area is 146 Å². The highest BCUT2D eigenvalue weighted by atomic mass is 16.5. The van der Waals surface area contributed by atoms with Gasteiger partial charge in [-0.25, -0.2) is 4.79 Å². The standard InChI is InChI=1S/C19H21N3O3/c20-19(24)22-11-9-21(10-12-22)18(23)16-7-4-8-17(13-16)25-14-15-5-2-1-3-6-15/h1-8,13H,9-12,14H2,(H2,20,24). The summed E-state index contributed by atoms with van der Waals surface area (Å²) in [6, 6.07) is 16.6. The van der Waals surface area contributed by atoms with Gasteiger partial charge in [0, 0.05) is 31.7 Å². The highest BCUT2D eigenvalue weighted by Crippen LogP contribution is 2.17. The summed E-state index contributed by atoms with van der Waals surface area (Å²) in [5, 5.41) is 0. The van der Waals surface area contributed by atoms with Crippen molar-refractivity contribution in [1.82, 2.24) is 9.80 Å². The lowest BCUT2D eigenvalue weighted by Gasteiger charge is -2.33. The lowest BCUT2D eigenvalue weighted by molar-refractivity contribution is 0.0669. The van der Waals surface area contributed by atoms with Gasteiger partial charge in [-0.3, -0.25) is 4.79 Å². The van der Waals surface area contributed by atoms with Gasteiger partial charge < -0.3 is 20.3 Å². The highest BCUT2D eigenvalue weighted by Gasteiger charge is 2.23. The molecule has 6 heteroatoms. The zero-order valence-electron chi connectivity index (χ0n) is 13.9. The first-order valence-electron chi connectivity index (χ1n) is 8.24. The van der Waals surface area contributed by atoms with Gasteiger partial charge in [-0.2, -0.15) is 0 Å². The first-order valence-corrected chi connectivity index (χ1v) is 8.24. The third-order valence-corrected chi connectivity index (χ3v) is 4.21. The van der Waals surface area contributed by atoms with E-state index in [0.717, 1.165) is 5.56 Å². The molecule has 0 saturated carbocycles. The van der Waals surface area contributed by atoms with Crippen LogP contribution in [-0.4, -0.2) is 47.9 Å². The second-order valence-corrected chi connectivity index (χ2v) is 5.92. The van der Waals surface area contributed by atoms with Crippen molar-refractivity contribution in [3.8, 4) is 5.75 Å². The average molecular weight is 339 g/mol. The Balaban J connectivity index is 1.61. The van der Waals surface area contributed by atoms with Crippen molar-refractivity contribution < 1.29 is 14.3 Å². The summed E-state index contributed by atoms with van der Waals surface area (Å²) >= 11 is 0. The Morgan fingerprint density at radius 1 is 0.920 bits per heavy atom. The number of hydrogen-bond acceptors (Lipinski definition) is 3. The van der Waals surface area contributed by atoms with E-state index in [0.29, 0.717) is 44.1 Å². The number of amides is 3. The molecule has 3 amide bonds. The molecule has 1 saturated heterocycles. The molecule has 2 aromatic carbocycles. The quantitative estimate of drug-likeness (QED) is 0.927. The van der Waals surface area contributed by atoms with Gasteiger partial charge in [-0.1, -0.05) is 36.4 Å². The third kappa shape index (κ3) is 4.29. The summed E-state index contributed by atoms with van der Waals surface area (Å²) in [6.45, 7) is 2.35. The minimum atomic E-state index is -0.441. The third-order valence-electron chi connectivity index (χ3n) is 4.21. The van der Waals surface area contributed by atoms with Crippen molar-refractivity contribution >= 4 is 11.9 Å². The van der Waals surface area contributed by atoms with Crippen molar-refractivity contribution in [2.45, 2.75) is 6.61 Å². The van der Waals surface area contributed by atoms with Crippen LogP contribution in [0.25, 0.3) is 0 Å². The van der Waals surface area contributed by atoms with Crippen LogP contribution < -0.4 is 10.5 Å². The number of piperazine rings is 1. The number of nitrogens with zero attached hydrogens (tertiary/aromatic N) is 2. The van der Waals surface area contributed by atoms with E-state index in [1.165, 1.54) is 0 Å². The summed E-state index contributed by atoms with van der Waals surface area (Å²) in [4.78, 5) is 27.1. The van der Waals surface area contributed by atoms with Crippen LogP contribution in [-0.2, 0) is 6.61 Å². The van der Waals surface area contributed by atoms with E-state index in [4.69, 9.17) is 10.5 Å². The van der Waals surface area contributed by atoms with E-state index in [1.807, 2.05) is 42.5 Å². The monoisotopic (exact) mass is 339 g/mol. The molecule has 2 N–H and O–H groups in total. The topological polar surface area (TPSA) is 75.9 Å². The van der Waals surface area contributed by atoms with E-state index in [-0.39, 0.29) is 5.91 Å². The maximum absolute atomic E-state index is 12.6. The summed E-state index contributed by atoms with van der Waals surface area (Å²) in [7, 11) is 0. The van der Waals surface area contributed by atoms with Crippen molar-refractivity contribution in [3.63, 3.8) is 0 Å². The summed E-state index contributed by atoms with van der Waals surface area (Å²) in [6.07, 6.45) is 0. The first-order chi connectivity index (χ1) is 12.1. The fourth-order valence-electron chi connectivity index (χ4n) is 2.77. The number of nitrogens with two attached hydrogens (primary N) is 1. The van der Waals surface area contributed by atoms with Crippen LogP contribution >= 0.6 is 0 Å². The van der Waals surface area contributed by atoms with Gasteiger partial charge in [0.15, 0.2) is 0 Å². The molecule has 0 unspecified atom stereocenters. The Morgan fingerprint density at radius 3 is 2.28 bits per heavy atom. The number of primary amides is 1. The lowest BCUT2D eigenvalue weighted by atomic mass is 10.1. The number of urea groups is 1. The van der Waals surface area contributed by atoms with Crippen molar-refractivity contribution in [2.24, 2.45) is 5.73 Å². The summed E-state index contributed by atoms with van der Waals surface area (Å²) in [5.74, 6) is 0.597. The summed E-state index contributed by atoms with van der Waals surface area (Å²) in [5.41, 5.74) is 6.92. The smallest absolute Gasteiger partial charge is 0.314 e. The molecule has 6 nitrogen and oxygen atoms in total. The average Bonchev–Trinajstić information content (AvgIpc) is 2.67. The second-order valence-electron chi connectivity index (χ2n) is 5.92. The van der Waals surface area contributed by atoms with Gasteiger partial charge in [0.05, 0.1) is 0 Å². The second kappa shape index (κ2) is 7.70. The minimum Gasteiger partial charge on any atom is -0.489 e. The molecule has 25 heavy (non-hydrogen) atoms. The number of carbonyl (C=O) groups excluding carboxylic acids is 2. The van der Waals surface area contributed by atoms with E-state index < -0.39 is 6.03 Å². The maximum atomic E-state index is 12.6. The SMILES string of the molecule is NC(=O)N1CCN(C(=O)c2cccc(OCc3ccccc3)c2)CC1. The largest absolute Gasteiger partial charge is 0.489 e. The lowest BCUT2D eigenvalue weighted by Crippen LogP contribution is -2.52. The van der Waals surface area contributed by atoms with Crippen LogP contribution in [0.3, 0.4) is 0 Å². The first kappa shape index (κ1) is 16.8. The molecule has 0 radical (unpaired) electrons. The molecule has 0 spiro atoms. The Hall–Kier alpha value is -3.02. The van der Waals surface area contributed by atoms with Crippen LogP contribution in [0, 0.1) is 0 Å². The molecular formula is C19H21N3O3. The zero-order valence-corrected chi connectivity index (χ0v) is 13.9. The predicted octanol–water partition coefficient (Wildman–Crippen LogP) is 2.10. The summed E-state index contributed by atoms with van der Waals surface area (Å²) < 4.78 is 5.78. The minimum absolute atomic E-state index is 0.0609. The van der Waals surface area contributed by atoms with Crippen molar-refractivity contribution in [3.05, 3.63) is 65.7 Å². The Kier molecular flexibility index (Phi) is 5.18. The molecule has 2 aromatic rings. The predicted molar refractivity (Wildman–Crippen MR) is 94.3 cm³/mol. The van der Waals surface area contributed by atoms with Gasteiger partial charge in [0.25, 0.3) is 5.91 Å². The molecule has 0 bridgehead atoms. The molecule has 130 valence electrons. The fourth-order valence-corrected chi connectivity index (χ4v) is 2.77. The Bertz CT molecular complexity index is 741. The van der Waals surface area contributed by atoms with Crippen molar-refractivity contribution in [1.29, 1.82) is 0 Å². The zero-order chi connectivity index (χ0) is 17.6. The van der Waals surface area contributed by atoms with E-state index >= 15 is 0 Å². The molecule has 3 rings (SSSR count). The van der Waals surface area contributed by atoms with Crippen LogP contribution in [0.5, 0.6) is 5.75 Å². The van der Waals surface area contributed by atoms with Crippen LogP contribution in [0.1, 0.15) is 15.9 Å². The molecule has 1 fully saturated rings. The maximum Gasteiger partial charge on any atom is 0.314 e. The van der Waals surface area contributed by atoms with Gasteiger partial charge in [-0.05, 0) is 23.8 Å². The molecular weight excluding hydrogens is 318 g/mol. The number of ether oxygens (including phenoxy) is 1. The molecule has 0 atom stereocenters. The number of rotatable bonds is 4. The fraction of sp³-hybridized carbons (Fsp3) is 0.263. The van der Waals surface area contributed by atoms with Gasteiger partial charge >= 0.3 is 6.03 Å². The van der Waals surface area contributed by atoms with Crippen LogP contribution in [0.2, 0.25) is 0 Å². The Morgan fingerprint density at radius 2 is 1.60 bits per heavy atom. The molecule has 1 aliphatic rings. The molecule has 0 aromatic heterocycles. The number of hydrogen-bond donors (Lipinski definition) is 1. The van der Waals surface area contributed by atoms with Gasteiger partial charge in [-0.15, -0.1) is 0 Å². The van der Waals surface area contributed by atoms with E-state index in [9.17, 15) is 9.59 Å². The van der Waals surface area contributed by atoms with E-state index in [2.05, 4.69) is 0 Å². The van der Waals surface area contributed by atoms with Gasteiger partial charge in [0.1, 0.15) is 12.4 Å². The van der Waals surface area contributed by atoms with Crippen molar-refractivity contribution in [2.75, 3.05) is 26.2 Å². The number of carbonyl (C=O) groups is 2. The molecule has 0 aliphatic carbocycles. The normalized spacial score (nSPS) is 14.2.